The van der Waals surface area contributed by atoms with Crippen LogP contribution in [0, 0.1) is 13.8 Å². The van der Waals surface area contributed by atoms with E-state index in [1.165, 1.54) is 34.8 Å². The molecule has 1 aromatic heterocycles. The third-order valence-electron chi connectivity index (χ3n) is 3.15. The van der Waals surface area contributed by atoms with E-state index in [4.69, 9.17) is 0 Å². The van der Waals surface area contributed by atoms with Crippen LogP contribution in [0.3, 0.4) is 0 Å². The van der Waals surface area contributed by atoms with E-state index in [-0.39, 0.29) is 0 Å². The quantitative estimate of drug-likeness (QED) is 0.733. The molecule has 1 aliphatic carbocycles. The van der Waals surface area contributed by atoms with Crippen LogP contribution in [0.4, 0.5) is 0 Å². The van der Waals surface area contributed by atoms with Crippen molar-refractivity contribution < 1.29 is 0 Å². The van der Waals surface area contributed by atoms with E-state index in [9.17, 15) is 0 Å². The molecule has 1 heterocycles. The van der Waals surface area contributed by atoms with E-state index in [1.54, 1.807) is 0 Å². The largest absolute Gasteiger partial charge is 0.314 e. The van der Waals surface area contributed by atoms with E-state index in [0.717, 1.165) is 19.1 Å². The van der Waals surface area contributed by atoms with Gasteiger partial charge in [0.1, 0.15) is 0 Å². The van der Waals surface area contributed by atoms with Crippen molar-refractivity contribution in [1.29, 1.82) is 0 Å². The average Bonchev–Trinajstić information content (AvgIpc) is 3.03. The lowest BCUT2D eigenvalue weighted by molar-refractivity contribution is 0.540. The molecular weight excluding hydrogens is 230 g/mol. The number of thiazole rings is 1. The van der Waals surface area contributed by atoms with Crippen LogP contribution in [-0.2, 0) is 0 Å². The van der Waals surface area contributed by atoms with Gasteiger partial charge in [0.2, 0.25) is 0 Å². The van der Waals surface area contributed by atoms with Gasteiger partial charge in [0, 0.05) is 17.0 Å². The summed E-state index contributed by atoms with van der Waals surface area (Å²) < 4.78 is 0. The van der Waals surface area contributed by atoms with Crippen LogP contribution in [0.5, 0.6) is 0 Å². The van der Waals surface area contributed by atoms with Gasteiger partial charge in [-0.15, -0.1) is 11.3 Å². The standard InChI is InChI=1S/C13H23N3S/c1-9(13-10(2)16-11(3)17-13)14-7-4-8-15-12-5-6-12/h9,12,14-15H,4-8H2,1-3H3. The normalized spacial score (nSPS) is 17.4. The number of nitrogens with zero attached hydrogens (tertiary/aromatic N) is 1. The molecule has 4 heteroatoms. The number of hydrogen-bond donors (Lipinski definition) is 2. The van der Waals surface area contributed by atoms with Crippen LogP contribution >= 0.6 is 11.3 Å². The number of hydrogen-bond acceptors (Lipinski definition) is 4. The van der Waals surface area contributed by atoms with Gasteiger partial charge in [-0.05, 0) is 53.1 Å². The van der Waals surface area contributed by atoms with Crippen molar-refractivity contribution in [3.8, 4) is 0 Å². The van der Waals surface area contributed by atoms with Gasteiger partial charge < -0.3 is 10.6 Å². The molecule has 1 saturated carbocycles. The van der Waals surface area contributed by atoms with Gasteiger partial charge in [-0.1, -0.05) is 0 Å². The summed E-state index contributed by atoms with van der Waals surface area (Å²) in [5.74, 6) is 0. The van der Waals surface area contributed by atoms with Gasteiger partial charge in [0.05, 0.1) is 10.7 Å². The van der Waals surface area contributed by atoms with Crippen LogP contribution in [0.2, 0.25) is 0 Å². The van der Waals surface area contributed by atoms with Gasteiger partial charge in [0.25, 0.3) is 0 Å². The second kappa shape index (κ2) is 5.94. The Balaban J connectivity index is 1.65. The average molecular weight is 253 g/mol. The SMILES string of the molecule is Cc1nc(C)c(C(C)NCCCNC2CC2)s1. The highest BCUT2D eigenvalue weighted by atomic mass is 32.1. The maximum absolute atomic E-state index is 4.47. The molecule has 2 N–H and O–H groups in total. The monoisotopic (exact) mass is 253 g/mol. The van der Waals surface area contributed by atoms with Gasteiger partial charge in [-0.2, -0.15) is 0 Å². The van der Waals surface area contributed by atoms with Crippen LogP contribution in [0.1, 0.15) is 47.8 Å². The highest BCUT2D eigenvalue weighted by molar-refractivity contribution is 7.11. The van der Waals surface area contributed by atoms with Crippen LogP contribution in [0.15, 0.2) is 0 Å². The first-order chi connectivity index (χ1) is 8.16. The molecule has 0 amide bonds. The molecule has 1 unspecified atom stereocenters. The number of aryl methyl sites for hydroxylation is 2. The summed E-state index contributed by atoms with van der Waals surface area (Å²) in [6, 6.07) is 1.26. The first kappa shape index (κ1) is 13.0. The molecule has 1 atom stereocenters. The molecule has 0 aromatic carbocycles. The fourth-order valence-corrected chi connectivity index (χ4v) is 3.00. The summed E-state index contributed by atoms with van der Waals surface area (Å²) in [6.45, 7) is 8.63. The molecule has 2 rings (SSSR count). The van der Waals surface area contributed by atoms with Crippen molar-refractivity contribution in [2.45, 2.75) is 52.1 Å². The van der Waals surface area contributed by atoms with E-state index < -0.39 is 0 Å². The molecule has 0 radical (unpaired) electrons. The zero-order valence-corrected chi connectivity index (χ0v) is 11.9. The Hall–Kier alpha value is -0.450. The predicted octanol–water partition coefficient (Wildman–Crippen LogP) is 2.55. The fraction of sp³-hybridized carbons (Fsp3) is 0.769. The third-order valence-corrected chi connectivity index (χ3v) is 4.40. The third kappa shape index (κ3) is 4.05. The minimum absolute atomic E-state index is 0.433. The van der Waals surface area contributed by atoms with E-state index in [2.05, 4.69) is 36.4 Å². The Morgan fingerprint density at radius 1 is 1.35 bits per heavy atom. The van der Waals surface area contributed by atoms with Gasteiger partial charge >= 0.3 is 0 Å². The van der Waals surface area contributed by atoms with E-state index in [0.29, 0.717) is 6.04 Å². The minimum atomic E-state index is 0.433. The van der Waals surface area contributed by atoms with E-state index >= 15 is 0 Å². The summed E-state index contributed by atoms with van der Waals surface area (Å²) in [4.78, 5) is 5.86. The topological polar surface area (TPSA) is 37.0 Å². The smallest absolute Gasteiger partial charge is 0.0900 e. The molecule has 3 nitrogen and oxygen atoms in total. The lowest BCUT2D eigenvalue weighted by Crippen LogP contribution is -2.25. The number of aromatic nitrogens is 1. The molecule has 1 aliphatic rings. The van der Waals surface area contributed by atoms with Crippen molar-refractivity contribution in [2.24, 2.45) is 0 Å². The number of rotatable bonds is 7. The highest BCUT2D eigenvalue weighted by Gasteiger charge is 2.19. The maximum atomic E-state index is 4.47. The van der Waals surface area contributed by atoms with Gasteiger partial charge in [-0.25, -0.2) is 4.98 Å². The van der Waals surface area contributed by atoms with Crippen molar-refractivity contribution in [3.05, 3.63) is 15.6 Å². The fourth-order valence-electron chi connectivity index (χ4n) is 2.04. The molecule has 1 aromatic rings. The highest BCUT2D eigenvalue weighted by Crippen LogP contribution is 2.24. The van der Waals surface area contributed by atoms with Crippen LogP contribution < -0.4 is 10.6 Å². The zero-order valence-electron chi connectivity index (χ0n) is 11.0. The summed E-state index contributed by atoms with van der Waals surface area (Å²) in [6.07, 6.45) is 3.96. The minimum Gasteiger partial charge on any atom is -0.314 e. The van der Waals surface area contributed by atoms with E-state index in [1.807, 2.05) is 11.3 Å². The molecule has 0 aliphatic heterocycles. The molecule has 0 spiro atoms. The van der Waals surface area contributed by atoms with Crippen molar-refractivity contribution in [2.75, 3.05) is 13.1 Å². The maximum Gasteiger partial charge on any atom is 0.0900 e. The Labute approximate surface area is 108 Å². The molecule has 1 fully saturated rings. The second-order valence-corrected chi connectivity index (χ2v) is 6.18. The summed E-state index contributed by atoms with van der Waals surface area (Å²) >= 11 is 1.81. The Kier molecular flexibility index (Phi) is 4.54. The van der Waals surface area contributed by atoms with Crippen molar-refractivity contribution >= 4 is 11.3 Å². The lowest BCUT2D eigenvalue weighted by Gasteiger charge is -2.12. The summed E-state index contributed by atoms with van der Waals surface area (Å²) in [5, 5.41) is 8.28. The lowest BCUT2D eigenvalue weighted by atomic mass is 10.2. The first-order valence-corrected chi connectivity index (χ1v) is 7.39. The zero-order chi connectivity index (χ0) is 12.3. The number of nitrogens with one attached hydrogen (secondary N) is 2. The molecule has 17 heavy (non-hydrogen) atoms. The Bertz CT molecular complexity index is 358. The van der Waals surface area contributed by atoms with Gasteiger partial charge in [0.15, 0.2) is 0 Å². The predicted molar refractivity (Wildman–Crippen MR) is 73.6 cm³/mol. The molecule has 0 bridgehead atoms. The summed E-state index contributed by atoms with van der Waals surface area (Å²) in [7, 11) is 0. The van der Waals surface area contributed by atoms with Gasteiger partial charge in [-0.3, -0.25) is 0 Å². The summed E-state index contributed by atoms with van der Waals surface area (Å²) in [5.41, 5.74) is 1.18. The molecule has 96 valence electrons. The van der Waals surface area contributed by atoms with Crippen molar-refractivity contribution in [3.63, 3.8) is 0 Å². The molecule has 0 saturated heterocycles. The van der Waals surface area contributed by atoms with Crippen LogP contribution in [-0.4, -0.2) is 24.1 Å². The van der Waals surface area contributed by atoms with Crippen LogP contribution in [0.25, 0.3) is 0 Å². The van der Waals surface area contributed by atoms with Crippen molar-refractivity contribution in [1.82, 2.24) is 15.6 Å². The second-order valence-electron chi connectivity index (χ2n) is 4.94. The Morgan fingerprint density at radius 3 is 2.71 bits per heavy atom. The Morgan fingerprint density at radius 2 is 2.12 bits per heavy atom. The first-order valence-electron chi connectivity index (χ1n) is 6.57. The molecular formula is C13H23N3S.